The molecule has 0 atom stereocenters. The van der Waals surface area contributed by atoms with Crippen LogP contribution in [0.1, 0.15) is 27.2 Å². The van der Waals surface area contributed by atoms with E-state index in [1.165, 1.54) is 13.3 Å². The lowest BCUT2D eigenvalue weighted by Gasteiger charge is -2.11. The van der Waals surface area contributed by atoms with E-state index in [0.29, 0.717) is 5.69 Å². The van der Waals surface area contributed by atoms with E-state index < -0.39 is 5.97 Å². The molecule has 0 saturated carbocycles. The molecular weight excluding hydrogens is 244 g/mol. The van der Waals surface area contributed by atoms with Crippen LogP contribution in [0.4, 0.5) is 0 Å². The molecule has 0 bridgehead atoms. The van der Waals surface area contributed by atoms with Crippen molar-refractivity contribution in [2.75, 3.05) is 7.11 Å². The zero-order valence-electron chi connectivity index (χ0n) is 11.2. The fourth-order valence-corrected chi connectivity index (χ4v) is 2.08. The number of hydrogen-bond acceptors (Lipinski definition) is 3. The van der Waals surface area contributed by atoms with Gasteiger partial charge < -0.3 is 9.84 Å². The summed E-state index contributed by atoms with van der Waals surface area (Å²) in [5.74, 6) is -0.997. The van der Waals surface area contributed by atoms with Gasteiger partial charge in [0.25, 0.3) is 0 Å². The molecule has 0 spiro atoms. The first-order valence-corrected chi connectivity index (χ1v) is 5.91. The van der Waals surface area contributed by atoms with Gasteiger partial charge >= 0.3 is 5.97 Å². The number of aromatic carboxylic acids is 1. The van der Waals surface area contributed by atoms with E-state index in [-0.39, 0.29) is 12.2 Å². The first-order valence-electron chi connectivity index (χ1n) is 5.91. The van der Waals surface area contributed by atoms with Gasteiger partial charge in [0.2, 0.25) is 0 Å². The number of methoxy groups -OCH3 is 1. The number of carbonyl (C=O) groups is 1. The number of carboxylic acid groups (broad SMARTS) is 1. The molecule has 100 valence electrons. The topological polar surface area (TPSA) is 64.3 Å². The summed E-state index contributed by atoms with van der Waals surface area (Å²) in [4.78, 5) is 11.2. The molecule has 0 aliphatic heterocycles. The van der Waals surface area contributed by atoms with Crippen molar-refractivity contribution in [3.05, 3.63) is 46.8 Å². The zero-order valence-corrected chi connectivity index (χ0v) is 11.2. The van der Waals surface area contributed by atoms with E-state index in [1.54, 1.807) is 4.68 Å². The highest BCUT2D eigenvalue weighted by Crippen LogP contribution is 2.20. The maximum absolute atomic E-state index is 11.2. The Balaban J connectivity index is 2.58. The summed E-state index contributed by atoms with van der Waals surface area (Å²) in [6, 6.07) is 5.94. The predicted molar refractivity (Wildman–Crippen MR) is 70.7 cm³/mol. The smallest absolute Gasteiger partial charge is 0.339 e. The molecule has 0 amide bonds. The second-order valence-electron chi connectivity index (χ2n) is 4.44. The SMILES string of the molecule is COCc1c(C(=O)O)cnn1-c1ccc(C)cc1C. The number of nitrogens with zero attached hydrogens (tertiary/aromatic N) is 2. The van der Waals surface area contributed by atoms with Gasteiger partial charge in [0, 0.05) is 7.11 Å². The van der Waals surface area contributed by atoms with Gasteiger partial charge in [-0.1, -0.05) is 17.7 Å². The summed E-state index contributed by atoms with van der Waals surface area (Å²) in [5, 5.41) is 13.3. The van der Waals surface area contributed by atoms with Crippen LogP contribution in [0.2, 0.25) is 0 Å². The molecule has 0 aliphatic rings. The predicted octanol–water partition coefficient (Wildman–Crippen LogP) is 2.33. The van der Waals surface area contributed by atoms with Crippen molar-refractivity contribution in [2.24, 2.45) is 0 Å². The normalized spacial score (nSPS) is 10.7. The Morgan fingerprint density at radius 2 is 2.16 bits per heavy atom. The van der Waals surface area contributed by atoms with Gasteiger partial charge in [-0.05, 0) is 25.5 Å². The highest BCUT2D eigenvalue weighted by atomic mass is 16.5. The Morgan fingerprint density at radius 3 is 2.74 bits per heavy atom. The molecule has 1 aromatic heterocycles. The fourth-order valence-electron chi connectivity index (χ4n) is 2.08. The molecule has 5 heteroatoms. The van der Waals surface area contributed by atoms with Crippen LogP contribution in [-0.2, 0) is 11.3 Å². The van der Waals surface area contributed by atoms with Crippen LogP contribution in [-0.4, -0.2) is 28.0 Å². The minimum atomic E-state index is -0.997. The lowest BCUT2D eigenvalue weighted by Crippen LogP contribution is -2.08. The van der Waals surface area contributed by atoms with Crippen molar-refractivity contribution in [2.45, 2.75) is 20.5 Å². The van der Waals surface area contributed by atoms with Crippen molar-refractivity contribution in [3.63, 3.8) is 0 Å². The lowest BCUT2D eigenvalue weighted by atomic mass is 10.1. The Morgan fingerprint density at radius 1 is 1.42 bits per heavy atom. The van der Waals surface area contributed by atoms with E-state index in [9.17, 15) is 4.79 Å². The average molecular weight is 260 g/mol. The minimum absolute atomic E-state index is 0.168. The molecule has 1 heterocycles. The first-order chi connectivity index (χ1) is 9.04. The second kappa shape index (κ2) is 5.24. The molecule has 2 aromatic rings. The average Bonchev–Trinajstić information content (AvgIpc) is 2.73. The molecule has 0 radical (unpaired) electrons. The molecule has 1 aromatic carbocycles. The quantitative estimate of drug-likeness (QED) is 0.916. The van der Waals surface area contributed by atoms with Crippen LogP contribution < -0.4 is 0 Å². The number of aromatic nitrogens is 2. The Hall–Kier alpha value is -2.14. The van der Waals surface area contributed by atoms with Gasteiger partial charge in [-0.3, -0.25) is 0 Å². The molecule has 19 heavy (non-hydrogen) atoms. The standard InChI is InChI=1S/C14H16N2O3/c1-9-4-5-12(10(2)6-9)16-13(8-19-3)11(7-15-16)14(17)18/h4-7H,8H2,1-3H3,(H,17,18). The van der Waals surface area contributed by atoms with E-state index in [0.717, 1.165) is 16.8 Å². The van der Waals surface area contributed by atoms with E-state index in [4.69, 9.17) is 9.84 Å². The molecule has 5 nitrogen and oxygen atoms in total. The molecule has 1 N–H and O–H groups in total. The summed E-state index contributed by atoms with van der Waals surface area (Å²) in [6.45, 7) is 4.19. The van der Waals surface area contributed by atoms with Crippen LogP contribution in [0.3, 0.4) is 0 Å². The van der Waals surface area contributed by atoms with Crippen LogP contribution in [0, 0.1) is 13.8 Å². The van der Waals surface area contributed by atoms with Crippen molar-refractivity contribution in [1.82, 2.24) is 9.78 Å². The van der Waals surface area contributed by atoms with Gasteiger partial charge in [0.05, 0.1) is 24.2 Å². The summed E-state index contributed by atoms with van der Waals surface area (Å²) < 4.78 is 6.71. The highest BCUT2D eigenvalue weighted by molar-refractivity contribution is 5.88. The van der Waals surface area contributed by atoms with Gasteiger partial charge in [-0.25, -0.2) is 9.48 Å². The summed E-state index contributed by atoms with van der Waals surface area (Å²) in [7, 11) is 1.53. The first kappa shape index (κ1) is 13.3. The molecule has 0 aliphatic carbocycles. The van der Waals surface area contributed by atoms with Gasteiger partial charge in [0.15, 0.2) is 0 Å². The number of benzene rings is 1. The maximum atomic E-state index is 11.2. The van der Waals surface area contributed by atoms with Crippen molar-refractivity contribution < 1.29 is 14.6 Å². The van der Waals surface area contributed by atoms with Crippen molar-refractivity contribution in [1.29, 1.82) is 0 Å². The number of carboxylic acids is 1. The third-order valence-electron chi connectivity index (χ3n) is 2.96. The number of rotatable bonds is 4. The van der Waals surface area contributed by atoms with Gasteiger partial charge in [-0.15, -0.1) is 0 Å². The largest absolute Gasteiger partial charge is 0.478 e. The van der Waals surface area contributed by atoms with Crippen LogP contribution in [0.25, 0.3) is 5.69 Å². The highest BCUT2D eigenvalue weighted by Gasteiger charge is 2.18. The summed E-state index contributed by atoms with van der Waals surface area (Å²) >= 11 is 0. The third kappa shape index (κ3) is 2.51. The molecule has 0 saturated heterocycles. The van der Waals surface area contributed by atoms with E-state index in [1.807, 2.05) is 32.0 Å². The number of hydrogen-bond donors (Lipinski definition) is 1. The molecule has 0 fully saturated rings. The van der Waals surface area contributed by atoms with E-state index in [2.05, 4.69) is 5.10 Å². The zero-order chi connectivity index (χ0) is 14.0. The van der Waals surface area contributed by atoms with Crippen molar-refractivity contribution >= 4 is 5.97 Å². The van der Waals surface area contributed by atoms with Crippen LogP contribution in [0.15, 0.2) is 24.4 Å². The van der Waals surface area contributed by atoms with Crippen LogP contribution >= 0.6 is 0 Å². The maximum Gasteiger partial charge on any atom is 0.339 e. The molecule has 0 unspecified atom stereocenters. The summed E-state index contributed by atoms with van der Waals surface area (Å²) in [6.07, 6.45) is 1.36. The number of aryl methyl sites for hydroxylation is 2. The van der Waals surface area contributed by atoms with E-state index >= 15 is 0 Å². The second-order valence-corrected chi connectivity index (χ2v) is 4.44. The molecule has 2 rings (SSSR count). The Bertz CT molecular complexity index is 617. The van der Waals surface area contributed by atoms with Crippen molar-refractivity contribution in [3.8, 4) is 5.69 Å². The third-order valence-corrected chi connectivity index (χ3v) is 2.96. The molecular formula is C14H16N2O3. The van der Waals surface area contributed by atoms with Crippen LogP contribution in [0.5, 0.6) is 0 Å². The Labute approximate surface area is 111 Å². The minimum Gasteiger partial charge on any atom is -0.478 e. The van der Waals surface area contributed by atoms with Gasteiger partial charge in [-0.2, -0.15) is 5.10 Å². The lowest BCUT2D eigenvalue weighted by molar-refractivity contribution is 0.0691. The number of ether oxygens (including phenoxy) is 1. The fraction of sp³-hybridized carbons (Fsp3) is 0.286. The van der Waals surface area contributed by atoms with Gasteiger partial charge in [0.1, 0.15) is 5.56 Å². The Kier molecular flexibility index (Phi) is 3.66. The summed E-state index contributed by atoms with van der Waals surface area (Å²) in [5.41, 5.74) is 3.77. The monoisotopic (exact) mass is 260 g/mol.